The summed E-state index contributed by atoms with van der Waals surface area (Å²) in [5, 5.41) is 10.7. The average molecular weight is 429 g/mol. The van der Waals surface area contributed by atoms with E-state index >= 15 is 0 Å². The SMILES string of the molecule is COc1ccccc1Cn1c(=O)c(C(=O)O)c(-c2ccc3c(c2)OCO3)c2ccccc21. The number of aromatic carboxylic acids is 1. The van der Waals surface area contributed by atoms with Gasteiger partial charge >= 0.3 is 5.97 Å². The van der Waals surface area contributed by atoms with Gasteiger partial charge in [0.15, 0.2) is 11.5 Å². The van der Waals surface area contributed by atoms with Crippen molar-refractivity contribution in [1.29, 1.82) is 0 Å². The molecule has 0 fully saturated rings. The van der Waals surface area contributed by atoms with Gasteiger partial charge in [0.2, 0.25) is 6.79 Å². The average Bonchev–Trinajstić information content (AvgIpc) is 3.28. The minimum absolute atomic E-state index is 0.103. The molecule has 0 atom stereocenters. The van der Waals surface area contributed by atoms with Crippen LogP contribution in [0.5, 0.6) is 17.2 Å². The van der Waals surface area contributed by atoms with Gasteiger partial charge in [-0.1, -0.05) is 42.5 Å². The molecule has 1 N–H and O–H groups in total. The maximum atomic E-state index is 13.5. The molecule has 1 aliphatic rings. The molecule has 0 saturated heterocycles. The number of para-hydroxylation sites is 2. The second-order valence-corrected chi connectivity index (χ2v) is 7.34. The van der Waals surface area contributed by atoms with E-state index in [1.807, 2.05) is 48.5 Å². The van der Waals surface area contributed by atoms with Crippen LogP contribution < -0.4 is 19.8 Å². The largest absolute Gasteiger partial charge is 0.496 e. The van der Waals surface area contributed by atoms with Crippen molar-refractivity contribution in [3.63, 3.8) is 0 Å². The molecular weight excluding hydrogens is 410 g/mol. The second-order valence-electron chi connectivity index (χ2n) is 7.34. The minimum Gasteiger partial charge on any atom is -0.496 e. The summed E-state index contributed by atoms with van der Waals surface area (Å²) < 4.78 is 17.7. The molecule has 0 spiro atoms. The Labute approximate surface area is 183 Å². The molecule has 0 saturated carbocycles. The van der Waals surface area contributed by atoms with Crippen molar-refractivity contribution in [2.24, 2.45) is 0 Å². The summed E-state index contributed by atoms with van der Waals surface area (Å²) in [6.45, 7) is 0.275. The molecule has 5 rings (SSSR count). The smallest absolute Gasteiger partial charge is 0.342 e. The van der Waals surface area contributed by atoms with Crippen molar-refractivity contribution in [1.82, 2.24) is 4.57 Å². The highest BCUT2D eigenvalue weighted by molar-refractivity contribution is 6.06. The van der Waals surface area contributed by atoms with E-state index in [4.69, 9.17) is 14.2 Å². The summed E-state index contributed by atoms with van der Waals surface area (Å²) in [6.07, 6.45) is 0. The first-order valence-corrected chi connectivity index (χ1v) is 9.99. The zero-order chi connectivity index (χ0) is 22.2. The number of carboxylic acids is 1. The van der Waals surface area contributed by atoms with Gasteiger partial charge in [0, 0.05) is 16.5 Å². The summed E-state index contributed by atoms with van der Waals surface area (Å²) in [5.74, 6) is 0.433. The lowest BCUT2D eigenvalue weighted by molar-refractivity contribution is 0.0695. The predicted molar refractivity (Wildman–Crippen MR) is 119 cm³/mol. The second kappa shape index (κ2) is 7.77. The Balaban J connectivity index is 1.80. The topological polar surface area (TPSA) is 87.0 Å². The zero-order valence-corrected chi connectivity index (χ0v) is 17.2. The van der Waals surface area contributed by atoms with Crippen LogP contribution in [0.15, 0.2) is 71.5 Å². The molecule has 160 valence electrons. The van der Waals surface area contributed by atoms with Gasteiger partial charge in [0.05, 0.1) is 19.2 Å². The number of ether oxygens (including phenoxy) is 3. The van der Waals surface area contributed by atoms with Gasteiger partial charge in [-0.25, -0.2) is 4.79 Å². The van der Waals surface area contributed by atoms with E-state index in [-0.39, 0.29) is 18.9 Å². The summed E-state index contributed by atoms with van der Waals surface area (Å²) in [7, 11) is 1.56. The van der Waals surface area contributed by atoms with Crippen molar-refractivity contribution < 1.29 is 24.1 Å². The van der Waals surface area contributed by atoms with Crippen LogP contribution in [-0.4, -0.2) is 29.5 Å². The number of hydrogen-bond acceptors (Lipinski definition) is 5. The fraction of sp³-hybridized carbons (Fsp3) is 0.120. The first-order valence-electron chi connectivity index (χ1n) is 9.99. The van der Waals surface area contributed by atoms with Crippen molar-refractivity contribution in [2.75, 3.05) is 13.9 Å². The molecule has 0 amide bonds. The number of aromatic nitrogens is 1. The Morgan fingerprint density at radius 2 is 1.78 bits per heavy atom. The van der Waals surface area contributed by atoms with Crippen LogP contribution in [0.3, 0.4) is 0 Å². The highest BCUT2D eigenvalue weighted by Crippen LogP contribution is 2.39. The predicted octanol–water partition coefficient (Wildman–Crippen LogP) is 4.15. The Morgan fingerprint density at radius 1 is 1.03 bits per heavy atom. The van der Waals surface area contributed by atoms with E-state index in [1.165, 1.54) is 4.57 Å². The first-order chi connectivity index (χ1) is 15.6. The Kier molecular flexibility index (Phi) is 4.78. The van der Waals surface area contributed by atoms with E-state index in [2.05, 4.69) is 0 Å². The Bertz CT molecular complexity index is 1420. The lowest BCUT2D eigenvalue weighted by Crippen LogP contribution is -2.28. The molecule has 3 aromatic carbocycles. The van der Waals surface area contributed by atoms with Crippen molar-refractivity contribution >= 4 is 16.9 Å². The maximum absolute atomic E-state index is 13.5. The molecule has 2 heterocycles. The molecule has 1 aliphatic heterocycles. The van der Waals surface area contributed by atoms with Crippen molar-refractivity contribution in [3.8, 4) is 28.4 Å². The summed E-state index contributed by atoms with van der Waals surface area (Å²) in [4.78, 5) is 25.9. The highest BCUT2D eigenvalue weighted by atomic mass is 16.7. The third kappa shape index (κ3) is 3.15. The van der Waals surface area contributed by atoms with Crippen molar-refractivity contribution in [2.45, 2.75) is 6.54 Å². The molecular formula is C25H19NO6. The number of benzene rings is 3. The number of rotatable bonds is 5. The number of fused-ring (bicyclic) bond motifs is 2. The fourth-order valence-electron chi connectivity index (χ4n) is 4.12. The Hall–Kier alpha value is -4.26. The van der Waals surface area contributed by atoms with E-state index in [1.54, 1.807) is 25.3 Å². The van der Waals surface area contributed by atoms with Gasteiger partial charge in [0.25, 0.3) is 5.56 Å². The van der Waals surface area contributed by atoms with Crippen LogP contribution in [0.2, 0.25) is 0 Å². The van der Waals surface area contributed by atoms with Crippen LogP contribution in [0.4, 0.5) is 0 Å². The van der Waals surface area contributed by atoms with Gasteiger partial charge < -0.3 is 23.9 Å². The quantitative estimate of drug-likeness (QED) is 0.513. The number of hydrogen-bond donors (Lipinski definition) is 1. The monoisotopic (exact) mass is 429 g/mol. The number of nitrogens with zero attached hydrogens (tertiary/aromatic N) is 1. The fourth-order valence-corrected chi connectivity index (χ4v) is 4.12. The molecule has 1 aromatic heterocycles. The minimum atomic E-state index is -1.29. The maximum Gasteiger partial charge on any atom is 0.342 e. The molecule has 0 unspecified atom stereocenters. The standard InChI is InChI=1S/C25H19NO6/c1-30-19-9-5-2-6-16(19)13-26-18-8-4-3-7-17(18)22(23(24(26)27)25(28)29)15-10-11-20-21(12-15)32-14-31-20/h2-12H,13-14H2,1H3,(H,28,29). The summed E-state index contributed by atoms with van der Waals surface area (Å²) in [6, 6.07) is 19.8. The molecule has 32 heavy (non-hydrogen) atoms. The number of carboxylic acid groups (broad SMARTS) is 1. The highest BCUT2D eigenvalue weighted by Gasteiger charge is 2.25. The molecule has 0 bridgehead atoms. The molecule has 0 aliphatic carbocycles. The molecule has 4 aromatic rings. The van der Waals surface area contributed by atoms with Crippen LogP contribution in [0.25, 0.3) is 22.0 Å². The lowest BCUT2D eigenvalue weighted by Gasteiger charge is -2.18. The normalized spacial score (nSPS) is 12.2. The third-order valence-corrected chi connectivity index (χ3v) is 5.57. The van der Waals surface area contributed by atoms with E-state index < -0.39 is 11.5 Å². The first kappa shape index (κ1) is 19.7. The summed E-state index contributed by atoms with van der Waals surface area (Å²) >= 11 is 0. The third-order valence-electron chi connectivity index (χ3n) is 5.57. The lowest BCUT2D eigenvalue weighted by atomic mass is 9.95. The van der Waals surface area contributed by atoms with Crippen molar-refractivity contribution in [3.05, 3.63) is 88.2 Å². The van der Waals surface area contributed by atoms with Gasteiger partial charge in [-0.3, -0.25) is 4.79 Å². The molecule has 7 nitrogen and oxygen atoms in total. The van der Waals surface area contributed by atoms with Gasteiger partial charge in [0.1, 0.15) is 11.3 Å². The molecule has 0 radical (unpaired) electrons. The summed E-state index contributed by atoms with van der Waals surface area (Å²) in [5.41, 5.74) is 1.44. The van der Waals surface area contributed by atoms with E-state index in [0.29, 0.717) is 39.3 Å². The van der Waals surface area contributed by atoms with Crippen LogP contribution in [0.1, 0.15) is 15.9 Å². The van der Waals surface area contributed by atoms with Gasteiger partial charge in [-0.15, -0.1) is 0 Å². The van der Waals surface area contributed by atoms with Crippen LogP contribution in [-0.2, 0) is 6.54 Å². The van der Waals surface area contributed by atoms with Crippen LogP contribution >= 0.6 is 0 Å². The molecule has 7 heteroatoms. The number of pyridine rings is 1. The van der Waals surface area contributed by atoms with Gasteiger partial charge in [-0.2, -0.15) is 0 Å². The van der Waals surface area contributed by atoms with Crippen LogP contribution in [0, 0.1) is 0 Å². The van der Waals surface area contributed by atoms with E-state index in [9.17, 15) is 14.7 Å². The number of carbonyl (C=O) groups is 1. The van der Waals surface area contributed by atoms with Gasteiger partial charge in [-0.05, 0) is 29.8 Å². The zero-order valence-electron chi connectivity index (χ0n) is 17.2. The Morgan fingerprint density at radius 3 is 2.59 bits per heavy atom. The number of methoxy groups -OCH3 is 1. The van der Waals surface area contributed by atoms with E-state index in [0.717, 1.165) is 5.56 Å².